The van der Waals surface area contributed by atoms with E-state index in [1.807, 2.05) is 24.3 Å². The van der Waals surface area contributed by atoms with E-state index < -0.39 is 23.9 Å². The number of amides is 1. The van der Waals surface area contributed by atoms with E-state index in [4.69, 9.17) is 0 Å². The van der Waals surface area contributed by atoms with Crippen molar-refractivity contribution in [1.29, 1.82) is 0 Å². The Morgan fingerprint density at radius 1 is 1.25 bits per heavy atom. The number of aliphatic hydroxyl groups excluding tert-OH is 1. The first-order valence-corrected chi connectivity index (χ1v) is 8.14. The smallest absolute Gasteiger partial charge is 0.390 e. The van der Waals surface area contributed by atoms with E-state index in [-0.39, 0.29) is 43.0 Å². The third kappa shape index (κ3) is 5.81. The molecule has 28 heavy (non-hydrogen) atoms. The van der Waals surface area contributed by atoms with Gasteiger partial charge in [0.05, 0.1) is 6.10 Å². The van der Waals surface area contributed by atoms with Crippen LogP contribution in [-0.2, 0) is 19.1 Å². The molecule has 0 fully saturated rings. The lowest BCUT2D eigenvalue weighted by Crippen LogP contribution is -2.49. The molecule has 2 unspecified atom stereocenters. The quantitative estimate of drug-likeness (QED) is 0.687. The van der Waals surface area contributed by atoms with Crippen molar-refractivity contribution in [1.82, 2.24) is 15.6 Å². The SMILES string of the molecule is Cl.Cl.O=C(NCC(O)C1Cc2ccccc2CN1)c1ccnc(C(F)(F)F)c1. The number of pyridine rings is 1. The molecule has 0 saturated carbocycles. The van der Waals surface area contributed by atoms with Gasteiger partial charge >= 0.3 is 6.18 Å². The number of nitrogens with one attached hydrogen (secondary N) is 2. The van der Waals surface area contributed by atoms with Crippen LogP contribution in [0.3, 0.4) is 0 Å². The van der Waals surface area contributed by atoms with Gasteiger partial charge in [0.1, 0.15) is 5.69 Å². The van der Waals surface area contributed by atoms with Crippen molar-refractivity contribution < 1.29 is 23.1 Å². The molecule has 0 spiro atoms. The van der Waals surface area contributed by atoms with Gasteiger partial charge < -0.3 is 15.7 Å². The first-order valence-electron chi connectivity index (χ1n) is 8.14. The highest BCUT2D eigenvalue weighted by Crippen LogP contribution is 2.27. The van der Waals surface area contributed by atoms with Crippen LogP contribution in [0.2, 0.25) is 0 Å². The molecule has 0 saturated heterocycles. The Morgan fingerprint density at radius 2 is 1.93 bits per heavy atom. The monoisotopic (exact) mass is 437 g/mol. The van der Waals surface area contributed by atoms with E-state index in [9.17, 15) is 23.1 Å². The van der Waals surface area contributed by atoms with E-state index in [1.54, 1.807) is 0 Å². The van der Waals surface area contributed by atoms with Gasteiger partial charge in [-0.25, -0.2) is 0 Å². The Bertz CT molecular complexity index is 806. The van der Waals surface area contributed by atoms with Crippen molar-refractivity contribution >= 4 is 30.7 Å². The Balaban J connectivity index is 0.00000196. The van der Waals surface area contributed by atoms with Crippen LogP contribution in [0.4, 0.5) is 13.2 Å². The first-order chi connectivity index (χ1) is 12.3. The summed E-state index contributed by atoms with van der Waals surface area (Å²) in [7, 11) is 0. The topological polar surface area (TPSA) is 74.2 Å². The van der Waals surface area contributed by atoms with Crippen LogP contribution in [0.15, 0.2) is 42.6 Å². The minimum absolute atomic E-state index is 0. The highest BCUT2D eigenvalue weighted by molar-refractivity contribution is 5.94. The molecule has 0 aliphatic carbocycles. The zero-order chi connectivity index (χ0) is 18.7. The second kappa shape index (κ2) is 10.1. The van der Waals surface area contributed by atoms with Crippen molar-refractivity contribution in [2.75, 3.05) is 6.54 Å². The molecule has 1 aliphatic heterocycles. The van der Waals surface area contributed by atoms with Gasteiger partial charge in [0.25, 0.3) is 5.91 Å². The highest BCUT2D eigenvalue weighted by Gasteiger charge is 2.33. The van der Waals surface area contributed by atoms with Crippen molar-refractivity contribution in [2.45, 2.75) is 31.3 Å². The number of fused-ring (bicyclic) bond motifs is 1. The average Bonchev–Trinajstić information content (AvgIpc) is 2.64. The lowest BCUT2D eigenvalue weighted by atomic mass is 9.93. The average molecular weight is 438 g/mol. The van der Waals surface area contributed by atoms with Gasteiger partial charge in [0, 0.05) is 30.9 Å². The highest BCUT2D eigenvalue weighted by atomic mass is 35.5. The fourth-order valence-corrected chi connectivity index (χ4v) is 2.92. The summed E-state index contributed by atoms with van der Waals surface area (Å²) in [6, 6.07) is 9.52. The Kier molecular flexibility index (Phi) is 8.69. The summed E-state index contributed by atoms with van der Waals surface area (Å²) in [5.41, 5.74) is 1.01. The van der Waals surface area contributed by atoms with Gasteiger partial charge in [-0.2, -0.15) is 13.2 Å². The number of hydrogen-bond donors (Lipinski definition) is 3. The molecule has 1 amide bonds. The second-order valence-electron chi connectivity index (χ2n) is 6.17. The summed E-state index contributed by atoms with van der Waals surface area (Å²) < 4.78 is 38.0. The zero-order valence-corrected chi connectivity index (χ0v) is 16.2. The molecule has 5 nitrogen and oxygen atoms in total. The largest absolute Gasteiger partial charge is 0.433 e. The standard InChI is InChI=1S/C18H18F3N3O2.2ClH/c19-18(20,21)16-8-12(5-6-22-16)17(26)24-10-15(25)14-7-11-3-1-2-4-13(11)9-23-14;;/h1-6,8,14-15,23,25H,7,9-10H2,(H,24,26);2*1H. The number of alkyl halides is 3. The number of rotatable bonds is 4. The maximum Gasteiger partial charge on any atom is 0.433 e. The van der Waals surface area contributed by atoms with Crippen molar-refractivity contribution in [3.8, 4) is 0 Å². The third-order valence-corrected chi connectivity index (χ3v) is 4.36. The first kappa shape index (κ1) is 24.2. The van der Waals surface area contributed by atoms with Crippen LogP contribution in [0, 0.1) is 0 Å². The van der Waals surface area contributed by atoms with Crippen molar-refractivity contribution in [3.63, 3.8) is 0 Å². The van der Waals surface area contributed by atoms with E-state index >= 15 is 0 Å². The van der Waals surface area contributed by atoms with Crippen LogP contribution in [-0.4, -0.2) is 34.7 Å². The molecule has 3 rings (SSSR count). The number of aliphatic hydroxyl groups is 1. The lowest BCUT2D eigenvalue weighted by Gasteiger charge is -2.30. The summed E-state index contributed by atoms with van der Waals surface area (Å²) >= 11 is 0. The molecular formula is C18H20Cl2F3N3O2. The van der Waals surface area contributed by atoms with Crippen LogP contribution < -0.4 is 10.6 Å². The Hall–Kier alpha value is -1.87. The van der Waals surface area contributed by atoms with Crippen molar-refractivity contribution in [3.05, 3.63) is 65.0 Å². The zero-order valence-electron chi connectivity index (χ0n) is 14.6. The van der Waals surface area contributed by atoms with E-state index in [0.29, 0.717) is 19.0 Å². The normalized spacial score (nSPS) is 16.8. The molecule has 2 heterocycles. The van der Waals surface area contributed by atoms with Crippen LogP contribution in [0.25, 0.3) is 0 Å². The number of benzene rings is 1. The van der Waals surface area contributed by atoms with Gasteiger partial charge in [-0.05, 0) is 29.7 Å². The number of nitrogens with zero attached hydrogens (tertiary/aromatic N) is 1. The summed E-state index contributed by atoms with van der Waals surface area (Å²) in [6.07, 6.45) is -3.93. The molecule has 1 aromatic carbocycles. The van der Waals surface area contributed by atoms with Gasteiger partial charge in [-0.1, -0.05) is 24.3 Å². The Labute approximate surface area is 172 Å². The minimum atomic E-state index is -4.62. The van der Waals surface area contributed by atoms with E-state index in [2.05, 4.69) is 15.6 Å². The molecule has 0 radical (unpaired) electrons. The van der Waals surface area contributed by atoms with Gasteiger partial charge in [0.15, 0.2) is 0 Å². The van der Waals surface area contributed by atoms with Crippen LogP contribution >= 0.6 is 24.8 Å². The second-order valence-corrected chi connectivity index (χ2v) is 6.17. The lowest BCUT2D eigenvalue weighted by molar-refractivity contribution is -0.141. The predicted molar refractivity (Wildman–Crippen MR) is 103 cm³/mol. The number of carbonyl (C=O) groups is 1. The molecule has 2 atom stereocenters. The predicted octanol–water partition coefficient (Wildman–Crippen LogP) is 2.75. The van der Waals surface area contributed by atoms with E-state index in [0.717, 1.165) is 17.3 Å². The molecule has 1 aromatic heterocycles. The van der Waals surface area contributed by atoms with Crippen molar-refractivity contribution in [2.24, 2.45) is 0 Å². The molecule has 2 aromatic rings. The maximum atomic E-state index is 12.7. The summed E-state index contributed by atoms with van der Waals surface area (Å²) in [6.45, 7) is 0.549. The Morgan fingerprint density at radius 3 is 2.61 bits per heavy atom. The molecule has 1 aliphatic rings. The number of aromatic nitrogens is 1. The molecule has 154 valence electrons. The maximum absolute atomic E-state index is 12.7. The number of halogens is 5. The third-order valence-electron chi connectivity index (χ3n) is 4.36. The molecular weight excluding hydrogens is 418 g/mol. The summed E-state index contributed by atoms with van der Waals surface area (Å²) in [5, 5.41) is 16.0. The minimum Gasteiger partial charge on any atom is -0.390 e. The summed E-state index contributed by atoms with van der Waals surface area (Å²) in [4.78, 5) is 15.3. The van der Waals surface area contributed by atoms with E-state index in [1.165, 1.54) is 6.07 Å². The van der Waals surface area contributed by atoms with Crippen LogP contribution in [0.1, 0.15) is 27.2 Å². The van der Waals surface area contributed by atoms with Crippen LogP contribution in [0.5, 0.6) is 0 Å². The molecule has 0 bridgehead atoms. The van der Waals surface area contributed by atoms with Gasteiger partial charge in [0.2, 0.25) is 0 Å². The number of carbonyl (C=O) groups excluding carboxylic acids is 1. The summed E-state index contributed by atoms with van der Waals surface area (Å²) in [5.74, 6) is -0.687. The fourth-order valence-electron chi connectivity index (χ4n) is 2.92. The molecule has 10 heteroatoms. The van der Waals surface area contributed by atoms with Gasteiger partial charge in [-0.3, -0.25) is 9.78 Å². The van der Waals surface area contributed by atoms with Gasteiger partial charge in [-0.15, -0.1) is 24.8 Å². The number of hydrogen-bond acceptors (Lipinski definition) is 4. The fraction of sp³-hybridized carbons (Fsp3) is 0.333. The molecule has 3 N–H and O–H groups in total.